The van der Waals surface area contributed by atoms with E-state index in [1.165, 1.54) is 12.8 Å². The van der Waals surface area contributed by atoms with E-state index in [-0.39, 0.29) is 21.7 Å². The third-order valence-electron chi connectivity index (χ3n) is 2.24. The van der Waals surface area contributed by atoms with Crippen molar-refractivity contribution >= 4 is 0 Å². The first-order valence-corrected chi connectivity index (χ1v) is 7.82. The molecule has 1 fully saturated rings. The Labute approximate surface area is 152 Å². The van der Waals surface area contributed by atoms with Crippen LogP contribution in [0.15, 0.2) is 24.3 Å². The van der Waals surface area contributed by atoms with Gasteiger partial charge in [-0.3, -0.25) is 0 Å². The summed E-state index contributed by atoms with van der Waals surface area (Å²) in [5.74, 6) is 1.62. The predicted octanol–water partition coefficient (Wildman–Crippen LogP) is 1.61. The summed E-state index contributed by atoms with van der Waals surface area (Å²) >= 11 is 0. The normalized spacial score (nSPS) is 20.9. The fraction of sp³-hybridized carbons (Fsp3) is 0.722. The van der Waals surface area contributed by atoms with Crippen LogP contribution in [-0.4, -0.2) is 18.3 Å². The smallest absolute Gasteiger partial charge is 0.852 e. The molecule has 3 nitrogen and oxygen atoms in total. The second-order valence-electron chi connectivity index (χ2n) is 5.97. The topological polar surface area (TPSA) is 69.2 Å². The van der Waals surface area contributed by atoms with Crippen molar-refractivity contribution in [3.63, 3.8) is 0 Å². The molecule has 0 spiro atoms. The van der Waals surface area contributed by atoms with Crippen molar-refractivity contribution in [2.45, 2.75) is 72.7 Å². The van der Waals surface area contributed by atoms with Crippen molar-refractivity contribution in [1.82, 2.24) is 0 Å². The van der Waals surface area contributed by atoms with E-state index in [2.05, 4.69) is 30.7 Å². The number of hydrogen-bond acceptors (Lipinski definition) is 3. The van der Waals surface area contributed by atoms with Crippen LogP contribution in [0.25, 0.3) is 0 Å². The van der Waals surface area contributed by atoms with Crippen molar-refractivity contribution in [2.24, 2.45) is 11.8 Å². The van der Waals surface area contributed by atoms with Crippen LogP contribution in [0.3, 0.4) is 0 Å². The molecule has 0 bridgehead atoms. The van der Waals surface area contributed by atoms with Gasteiger partial charge in [0, 0.05) is 0 Å². The Balaban J connectivity index is -0.000000241. The molecular weight excluding hydrogens is 312 g/mol. The van der Waals surface area contributed by atoms with Gasteiger partial charge in [0.25, 0.3) is 0 Å². The van der Waals surface area contributed by atoms with Gasteiger partial charge >= 0.3 is 21.7 Å². The summed E-state index contributed by atoms with van der Waals surface area (Å²) in [6, 6.07) is 0. The minimum atomic E-state index is -0.417. The summed E-state index contributed by atoms with van der Waals surface area (Å²) in [4.78, 5) is 0. The van der Waals surface area contributed by atoms with Crippen LogP contribution in [0.5, 0.6) is 0 Å². The maximum absolute atomic E-state index is 9.53. The Bertz CT molecular complexity index is 233. The van der Waals surface area contributed by atoms with Crippen LogP contribution in [0.2, 0.25) is 0 Å². The van der Waals surface area contributed by atoms with Gasteiger partial charge in [-0.15, -0.1) is 30.3 Å². The van der Waals surface area contributed by atoms with E-state index >= 15 is 0 Å². The molecule has 0 amide bonds. The number of allylic oxidation sites excluding steroid dienone is 4. The molecule has 126 valence electrons. The van der Waals surface area contributed by atoms with E-state index in [1.54, 1.807) is 41.5 Å². The molecule has 4 heteroatoms. The molecule has 22 heavy (non-hydrogen) atoms. The molecule has 0 aromatic carbocycles. The zero-order valence-electron chi connectivity index (χ0n) is 14.9. The summed E-state index contributed by atoms with van der Waals surface area (Å²) in [6.07, 6.45) is 12.8. The van der Waals surface area contributed by atoms with Gasteiger partial charge in [-0.1, -0.05) is 66.2 Å². The Morgan fingerprint density at radius 1 is 0.818 bits per heavy atom. The zero-order chi connectivity index (χ0) is 16.8. The van der Waals surface area contributed by atoms with Gasteiger partial charge < -0.3 is 21.7 Å². The standard InChI is InChI=1S/C9H11.3C3H7O.Ti/c1-2-5-9-7-3-6-8(9)4-1;3*1-3(2)4;/h1-2,4-6,8-9H,3,7H2;3*3H,1-2H3;/q4*-1;+4. The monoisotopic (exact) mass is 344 g/mol. The van der Waals surface area contributed by atoms with Crippen molar-refractivity contribution in [2.75, 3.05) is 0 Å². The summed E-state index contributed by atoms with van der Waals surface area (Å²) in [5, 5.41) is 28.6. The molecule has 2 atom stereocenters. The molecule has 0 radical (unpaired) electrons. The van der Waals surface area contributed by atoms with E-state index in [1.807, 2.05) is 0 Å². The first-order chi connectivity index (χ1) is 9.66. The largest absolute Gasteiger partial charge is 4.00 e. The van der Waals surface area contributed by atoms with E-state index in [0.29, 0.717) is 0 Å². The Kier molecular flexibility index (Phi) is 21.3. The molecule has 0 heterocycles. The predicted molar refractivity (Wildman–Crippen MR) is 84.2 cm³/mol. The molecule has 2 aliphatic carbocycles. The van der Waals surface area contributed by atoms with Gasteiger partial charge in [-0.25, -0.2) is 0 Å². The summed E-state index contributed by atoms with van der Waals surface area (Å²) < 4.78 is 0. The van der Waals surface area contributed by atoms with Gasteiger partial charge in [0.1, 0.15) is 0 Å². The average molecular weight is 344 g/mol. The third-order valence-corrected chi connectivity index (χ3v) is 2.24. The van der Waals surface area contributed by atoms with Crippen LogP contribution >= 0.6 is 0 Å². The van der Waals surface area contributed by atoms with Crippen LogP contribution in [0.1, 0.15) is 54.4 Å². The van der Waals surface area contributed by atoms with Crippen molar-refractivity contribution < 1.29 is 37.0 Å². The van der Waals surface area contributed by atoms with Gasteiger partial charge in [0.2, 0.25) is 0 Å². The van der Waals surface area contributed by atoms with Crippen LogP contribution in [-0.2, 0) is 21.7 Å². The second-order valence-corrected chi connectivity index (χ2v) is 5.97. The second kappa shape index (κ2) is 17.4. The molecule has 2 unspecified atom stereocenters. The summed E-state index contributed by atoms with van der Waals surface area (Å²) in [7, 11) is 0. The van der Waals surface area contributed by atoms with Crippen LogP contribution in [0.4, 0.5) is 0 Å². The average Bonchev–Trinajstić information content (AvgIpc) is 2.74. The third kappa shape index (κ3) is 25.1. The molecule has 0 aliphatic heterocycles. The number of fused-ring (bicyclic) bond motifs is 1. The molecule has 0 aromatic heterocycles. The minimum absolute atomic E-state index is 0. The van der Waals surface area contributed by atoms with Gasteiger partial charge in [-0.05, 0) is 5.92 Å². The first-order valence-electron chi connectivity index (χ1n) is 7.82. The molecule has 0 aromatic rings. The van der Waals surface area contributed by atoms with Gasteiger partial charge in [0.05, 0.1) is 0 Å². The molecule has 2 aliphatic rings. The van der Waals surface area contributed by atoms with Crippen LogP contribution in [0, 0.1) is 18.3 Å². The summed E-state index contributed by atoms with van der Waals surface area (Å²) in [5.41, 5.74) is 0. The van der Waals surface area contributed by atoms with Crippen LogP contribution < -0.4 is 15.3 Å². The fourth-order valence-corrected chi connectivity index (χ4v) is 1.69. The number of rotatable bonds is 0. The van der Waals surface area contributed by atoms with Gasteiger partial charge in [-0.2, -0.15) is 6.42 Å². The SMILES string of the molecule is C1=CC2[CH-]CCC2C=C1.CC(C)[O-].CC(C)[O-].CC(C)[O-].[Ti+4]. The van der Waals surface area contributed by atoms with Crippen molar-refractivity contribution in [3.8, 4) is 0 Å². The molecule has 1 saturated carbocycles. The van der Waals surface area contributed by atoms with E-state index in [0.717, 1.165) is 11.8 Å². The van der Waals surface area contributed by atoms with Gasteiger partial charge in [0.15, 0.2) is 0 Å². The minimum Gasteiger partial charge on any atom is -0.852 e. The maximum atomic E-state index is 9.53. The quantitative estimate of drug-likeness (QED) is 0.495. The van der Waals surface area contributed by atoms with Crippen molar-refractivity contribution in [3.05, 3.63) is 30.7 Å². The summed E-state index contributed by atoms with van der Waals surface area (Å²) in [6.45, 7) is 9.67. The molecule has 2 rings (SSSR count). The maximum Gasteiger partial charge on any atom is 4.00 e. The van der Waals surface area contributed by atoms with E-state index in [9.17, 15) is 15.3 Å². The molecule has 0 N–H and O–H groups in total. The molecular formula is C18H32O3Ti. The molecule has 0 saturated heterocycles. The Hall–Kier alpha value is 0.0743. The fourth-order valence-electron chi connectivity index (χ4n) is 1.69. The Morgan fingerprint density at radius 3 is 1.55 bits per heavy atom. The van der Waals surface area contributed by atoms with E-state index < -0.39 is 18.3 Å². The Morgan fingerprint density at radius 2 is 1.18 bits per heavy atom. The van der Waals surface area contributed by atoms with Crippen molar-refractivity contribution in [1.29, 1.82) is 0 Å². The first kappa shape index (κ1) is 26.9. The zero-order valence-corrected chi connectivity index (χ0v) is 16.5. The number of hydrogen-bond donors (Lipinski definition) is 0. The van der Waals surface area contributed by atoms with E-state index in [4.69, 9.17) is 0 Å².